The normalized spacial score (nSPS) is 12.3. The SMILES string of the molecule is Cc1cc(OC(C)C)ccc1NC(=O)CCC(C)CN. The third-order valence-electron chi connectivity index (χ3n) is 3.11. The van der Waals surface area contributed by atoms with Gasteiger partial charge in [0.05, 0.1) is 6.10 Å². The number of hydrogen-bond donors (Lipinski definition) is 2. The predicted octanol–water partition coefficient (Wildman–Crippen LogP) is 3.10. The Hall–Kier alpha value is -1.55. The number of anilines is 1. The summed E-state index contributed by atoms with van der Waals surface area (Å²) in [5, 5.41) is 2.93. The van der Waals surface area contributed by atoms with Gasteiger partial charge in [0.2, 0.25) is 5.91 Å². The number of benzene rings is 1. The fraction of sp³-hybridized carbons (Fsp3) is 0.562. The van der Waals surface area contributed by atoms with E-state index >= 15 is 0 Å². The van der Waals surface area contributed by atoms with E-state index in [1.165, 1.54) is 0 Å². The van der Waals surface area contributed by atoms with Crippen molar-refractivity contribution in [3.05, 3.63) is 23.8 Å². The van der Waals surface area contributed by atoms with E-state index in [1.807, 2.05) is 39.0 Å². The number of carbonyl (C=O) groups excluding carboxylic acids is 1. The Kier molecular flexibility index (Phi) is 6.52. The molecule has 112 valence electrons. The molecule has 0 aliphatic carbocycles. The third kappa shape index (κ3) is 5.61. The lowest BCUT2D eigenvalue weighted by Gasteiger charge is -2.14. The second-order valence-electron chi connectivity index (χ2n) is 5.57. The zero-order chi connectivity index (χ0) is 15.1. The van der Waals surface area contributed by atoms with Gasteiger partial charge in [0, 0.05) is 12.1 Å². The molecule has 0 aliphatic rings. The molecule has 20 heavy (non-hydrogen) atoms. The van der Waals surface area contributed by atoms with E-state index in [9.17, 15) is 4.79 Å². The van der Waals surface area contributed by atoms with Crippen molar-refractivity contribution in [1.29, 1.82) is 0 Å². The molecule has 1 atom stereocenters. The molecule has 4 nitrogen and oxygen atoms in total. The number of rotatable bonds is 7. The Morgan fingerprint density at radius 1 is 1.35 bits per heavy atom. The summed E-state index contributed by atoms with van der Waals surface area (Å²) >= 11 is 0. The predicted molar refractivity (Wildman–Crippen MR) is 83.0 cm³/mol. The lowest BCUT2D eigenvalue weighted by molar-refractivity contribution is -0.116. The summed E-state index contributed by atoms with van der Waals surface area (Å²) in [6, 6.07) is 5.71. The highest BCUT2D eigenvalue weighted by atomic mass is 16.5. The molecular formula is C16H26N2O2. The molecule has 0 aromatic heterocycles. The minimum atomic E-state index is 0.0333. The van der Waals surface area contributed by atoms with Crippen LogP contribution in [0.2, 0.25) is 0 Å². The van der Waals surface area contributed by atoms with E-state index in [-0.39, 0.29) is 12.0 Å². The topological polar surface area (TPSA) is 64.3 Å². The highest BCUT2D eigenvalue weighted by Crippen LogP contribution is 2.22. The van der Waals surface area contributed by atoms with Crippen molar-refractivity contribution in [2.45, 2.75) is 46.6 Å². The summed E-state index contributed by atoms with van der Waals surface area (Å²) in [5.41, 5.74) is 7.39. The maximum atomic E-state index is 11.9. The molecule has 1 rings (SSSR count). The van der Waals surface area contributed by atoms with Crippen LogP contribution in [0.4, 0.5) is 5.69 Å². The molecule has 0 fully saturated rings. The summed E-state index contributed by atoms with van der Waals surface area (Å²) in [5.74, 6) is 1.24. The van der Waals surface area contributed by atoms with Crippen LogP contribution in [0.15, 0.2) is 18.2 Å². The molecule has 0 radical (unpaired) electrons. The average molecular weight is 278 g/mol. The summed E-state index contributed by atoms with van der Waals surface area (Å²) in [6.45, 7) is 8.61. The van der Waals surface area contributed by atoms with Gasteiger partial charge in [-0.3, -0.25) is 4.79 Å². The van der Waals surface area contributed by atoms with Crippen LogP contribution >= 0.6 is 0 Å². The number of nitrogens with two attached hydrogens (primary N) is 1. The van der Waals surface area contributed by atoms with Gasteiger partial charge in [-0.2, -0.15) is 0 Å². The highest BCUT2D eigenvalue weighted by Gasteiger charge is 2.08. The number of carbonyl (C=O) groups is 1. The maximum absolute atomic E-state index is 11.9. The average Bonchev–Trinajstić information content (AvgIpc) is 2.38. The van der Waals surface area contributed by atoms with Crippen molar-refractivity contribution in [3.63, 3.8) is 0 Å². The Morgan fingerprint density at radius 2 is 2.05 bits per heavy atom. The summed E-state index contributed by atoms with van der Waals surface area (Å²) in [4.78, 5) is 11.9. The third-order valence-corrected chi connectivity index (χ3v) is 3.11. The van der Waals surface area contributed by atoms with E-state index in [0.29, 0.717) is 18.9 Å². The molecule has 3 N–H and O–H groups in total. The molecule has 0 bridgehead atoms. The standard InChI is InChI=1S/C16H26N2O2/c1-11(2)20-14-6-7-15(13(4)9-14)18-16(19)8-5-12(3)10-17/h6-7,9,11-12H,5,8,10,17H2,1-4H3,(H,18,19). The van der Waals surface area contributed by atoms with Crippen molar-refractivity contribution in [1.82, 2.24) is 0 Å². The summed E-state index contributed by atoms with van der Waals surface area (Å²) in [6.07, 6.45) is 1.46. The monoisotopic (exact) mass is 278 g/mol. The summed E-state index contributed by atoms with van der Waals surface area (Å²) < 4.78 is 5.62. The fourth-order valence-corrected chi connectivity index (χ4v) is 1.83. The Balaban J connectivity index is 2.57. The van der Waals surface area contributed by atoms with Crippen molar-refractivity contribution < 1.29 is 9.53 Å². The molecule has 4 heteroatoms. The highest BCUT2D eigenvalue weighted by molar-refractivity contribution is 5.91. The first-order valence-electron chi connectivity index (χ1n) is 7.19. The van der Waals surface area contributed by atoms with Gasteiger partial charge in [-0.1, -0.05) is 6.92 Å². The molecule has 1 aromatic rings. The molecule has 1 amide bonds. The number of nitrogens with one attached hydrogen (secondary N) is 1. The van der Waals surface area contributed by atoms with Crippen LogP contribution in [0.3, 0.4) is 0 Å². The smallest absolute Gasteiger partial charge is 0.224 e. The van der Waals surface area contributed by atoms with E-state index in [4.69, 9.17) is 10.5 Å². The van der Waals surface area contributed by atoms with Crippen LogP contribution in [0, 0.1) is 12.8 Å². The lowest BCUT2D eigenvalue weighted by Crippen LogP contribution is -2.16. The quantitative estimate of drug-likeness (QED) is 0.805. The van der Waals surface area contributed by atoms with Crippen LogP contribution < -0.4 is 15.8 Å². The minimum absolute atomic E-state index is 0.0333. The van der Waals surface area contributed by atoms with Crippen molar-refractivity contribution in [3.8, 4) is 5.75 Å². The second kappa shape index (κ2) is 7.90. The zero-order valence-corrected chi connectivity index (χ0v) is 12.9. The van der Waals surface area contributed by atoms with Crippen LogP contribution in [0.5, 0.6) is 5.75 Å². The molecule has 0 saturated carbocycles. The number of aryl methyl sites for hydroxylation is 1. The number of ether oxygens (including phenoxy) is 1. The van der Waals surface area contributed by atoms with E-state index in [0.717, 1.165) is 23.4 Å². The molecule has 1 unspecified atom stereocenters. The van der Waals surface area contributed by atoms with Gasteiger partial charge in [-0.15, -0.1) is 0 Å². The molecule has 0 saturated heterocycles. The van der Waals surface area contributed by atoms with Crippen LogP contribution in [-0.4, -0.2) is 18.6 Å². The van der Waals surface area contributed by atoms with Crippen LogP contribution in [-0.2, 0) is 4.79 Å². The van der Waals surface area contributed by atoms with Gasteiger partial charge >= 0.3 is 0 Å². The Labute approximate surface area is 121 Å². The van der Waals surface area contributed by atoms with Crippen molar-refractivity contribution >= 4 is 11.6 Å². The van der Waals surface area contributed by atoms with Crippen LogP contribution in [0.25, 0.3) is 0 Å². The van der Waals surface area contributed by atoms with Crippen molar-refractivity contribution in [2.75, 3.05) is 11.9 Å². The molecule has 0 aliphatic heterocycles. The molecule has 0 spiro atoms. The number of amides is 1. The van der Waals surface area contributed by atoms with Gasteiger partial charge in [0.1, 0.15) is 5.75 Å². The first-order chi connectivity index (χ1) is 9.42. The molecule has 0 heterocycles. The van der Waals surface area contributed by atoms with Gasteiger partial charge in [0.25, 0.3) is 0 Å². The Morgan fingerprint density at radius 3 is 2.60 bits per heavy atom. The molecule has 1 aromatic carbocycles. The maximum Gasteiger partial charge on any atom is 0.224 e. The number of hydrogen-bond acceptors (Lipinski definition) is 3. The largest absolute Gasteiger partial charge is 0.491 e. The van der Waals surface area contributed by atoms with Gasteiger partial charge < -0.3 is 15.8 Å². The van der Waals surface area contributed by atoms with Gasteiger partial charge in [-0.05, 0) is 63.4 Å². The van der Waals surface area contributed by atoms with E-state index < -0.39 is 0 Å². The van der Waals surface area contributed by atoms with Crippen molar-refractivity contribution in [2.24, 2.45) is 11.7 Å². The molecular weight excluding hydrogens is 252 g/mol. The first kappa shape index (κ1) is 16.5. The van der Waals surface area contributed by atoms with E-state index in [1.54, 1.807) is 0 Å². The zero-order valence-electron chi connectivity index (χ0n) is 12.9. The fourth-order valence-electron chi connectivity index (χ4n) is 1.83. The summed E-state index contributed by atoms with van der Waals surface area (Å²) in [7, 11) is 0. The Bertz CT molecular complexity index is 444. The van der Waals surface area contributed by atoms with Gasteiger partial charge in [0.15, 0.2) is 0 Å². The van der Waals surface area contributed by atoms with Crippen LogP contribution in [0.1, 0.15) is 39.2 Å². The first-order valence-corrected chi connectivity index (χ1v) is 7.19. The second-order valence-corrected chi connectivity index (χ2v) is 5.57. The minimum Gasteiger partial charge on any atom is -0.491 e. The lowest BCUT2D eigenvalue weighted by atomic mass is 10.1. The van der Waals surface area contributed by atoms with E-state index in [2.05, 4.69) is 12.2 Å². The van der Waals surface area contributed by atoms with Gasteiger partial charge in [-0.25, -0.2) is 0 Å².